The minimum Gasteiger partial charge on any atom is -0.357 e. The summed E-state index contributed by atoms with van der Waals surface area (Å²) in [6.45, 7) is 2.39. The summed E-state index contributed by atoms with van der Waals surface area (Å²) in [5, 5.41) is 0. The highest BCUT2D eigenvalue weighted by Crippen LogP contribution is 2.38. The molecule has 0 saturated heterocycles. The molecule has 2 aliphatic heterocycles. The summed E-state index contributed by atoms with van der Waals surface area (Å²) in [4.78, 5) is 57.9. The van der Waals surface area contributed by atoms with Gasteiger partial charge in [-0.25, -0.2) is 4.98 Å². The maximum absolute atomic E-state index is 13.8. The fraction of sp³-hybridized carbons (Fsp3) is 0.286. The summed E-state index contributed by atoms with van der Waals surface area (Å²) >= 11 is 0. The van der Waals surface area contributed by atoms with E-state index in [0.29, 0.717) is 41.4 Å². The van der Waals surface area contributed by atoms with Gasteiger partial charge >= 0.3 is 0 Å². The third kappa shape index (κ3) is 4.26. The zero-order chi connectivity index (χ0) is 25.5. The van der Waals surface area contributed by atoms with E-state index in [2.05, 4.69) is 15.0 Å². The van der Waals surface area contributed by atoms with E-state index < -0.39 is 0 Å². The van der Waals surface area contributed by atoms with E-state index >= 15 is 0 Å². The average Bonchev–Trinajstić information content (AvgIpc) is 3.71. The van der Waals surface area contributed by atoms with Crippen LogP contribution in [0.3, 0.4) is 0 Å². The lowest BCUT2D eigenvalue weighted by molar-refractivity contribution is -0.138. The van der Waals surface area contributed by atoms with Crippen molar-refractivity contribution in [3.05, 3.63) is 78.0 Å². The van der Waals surface area contributed by atoms with Gasteiger partial charge in [0.05, 0.1) is 29.8 Å². The minimum absolute atomic E-state index is 0.00454. The van der Waals surface area contributed by atoms with Gasteiger partial charge in [-0.2, -0.15) is 0 Å². The number of anilines is 2. The third-order valence-corrected chi connectivity index (χ3v) is 6.91. The zero-order valence-electron chi connectivity index (χ0n) is 20.5. The van der Waals surface area contributed by atoms with Crippen LogP contribution in [0.25, 0.3) is 11.3 Å². The molecule has 1 saturated carbocycles. The number of rotatable bonds is 6. The molecule has 6 rings (SSSR count). The molecule has 4 heterocycles. The molecular weight excluding hydrogens is 468 g/mol. The van der Waals surface area contributed by atoms with Gasteiger partial charge in [-0.15, -0.1) is 0 Å². The molecule has 9 nitrogen and oxygen atoms in total. The van der Waals surface area contributed by atoms with Crippen molar-refractivity contribution in [2.24, 2.45) is 0 Å². The van der Waals surface area contributed by atoms with Crippen LogP contribution in [0, 0.1) is 6.92 Å². The Labute approximate surface area is 214 Å². The van der Waals surface area contributed by atoms with Gasteiger partial charge in [0.2, 0.25) is 0 Å². The molecule has 2 aromatic heterocycles. The van der Waals surface area contributed by atoms with Crippen molar-refractivity contribution in [2.75, 3.05) is 18.0 Å². The number of carbonyl (C=O) groups is 3. The number of imide groups is 1. The zero-order valence-corrected chi connectivity index (χ0v) is 20.5. The van der Waals surface area contributed by atoms with E-state index in [0.717, 1.165) is 30.5 Å². The second-order valence-electron chi connectivity index (χ2n) is 9.58. The molecule has 1 aliphatic carbocycles. The van der Waals surface area contributed by atoms with Crippen molar-refractivity contribution in [2.45, 2.75) is 38.6 Å². The topological polar surface area (TPSA) is 99.6 Å². The first kappa shape index (κ1) is 23.0. The Morgan fingerprint density at radius 2 is 1.78 bits per heavy atom. The molecule has 1 aromatic carbocycles. The van der Waals surface area contributed by atoms with Crippen LogP contribution in [0.15, 0.2) is 72.3 Å². The van der Waals surface area contributed by atoms with Crippen LogP contribution < -0.4 is 4.90 Å². The Morgan fingerprint density at radius 3 is 2.46 bits per heavy atom. The monoisotopic (exact) mass is 494 g/mol. The molecule has 0 bridgehead atoms. The number of hydrogen-bond acceptors (Lipinski definition) is 7. The molecule has 3 aromatic rings. The third-order valence-electron chi connectivity index (χ3n) is 6.91. The van der Waals surface area contributed by atoms with Crippen LogP contribution in [0.5, 0.6) is 0 Å². The lowest BCUT2D eigenvalue weighted by atomic mass is 10.0. The maximum atomic E-state index is 13.8. The maximum Gasteiger partial charge on any atom is 0.277 e. The highest BCUT2D eigenvalue weighted by Gasteiger charge is 2.48. The van der Waals surface area contributed by atoms with Crippen LogP contribution in [0.4, 0.5) is 11.5 Å². The molecule has 0 spiro atoms. The molecule has 1 fully saturated rings. The van der Waals surface area contributed by atoms with Gasteiger partial charge in [0.15, 0.2) is 0 Å². The Hall–Kier alpha value is -4.40. The smallest absolute Gasteiger partial charge is 0.277 e. The Morgan fingerprint density at radius 1 is 0.973 bits per heavy atom. The normalized spacial score (nSPS) is 17.3. The number of benzene rings is 1. The van der Waals surface area contributed by atoms with Crippen LogP contribution in [0.2, 0.25) is 0 Å². The molecule has 0 atom stereocenters. The fourth-order valence-corrected chi connectivity index (χ4v) is 4.94. The summed E-state index contributed by atoms with van der Waals surface area (Å²) in [5.41, 5.74) is 3.92. The molecule has 186 valence electrons. The van der Waals surface area contributed by atoms with Crippen molar-refractivity contribution < 1.29 is 14.4 Å². The van der Waals surface area contributed by atoms with E-state index in [1.807, 2.05) is 43.3 Å². The van der Waals surface area contributed by atoms with Crippen LogP contribution >= 0.6 is 0 Å². The summed E-state index contributed by atoms with van der Waals surface area (Å²) < 4.78 is 0. The highest BCUT2D eigenvalue weighted by molar-refractivity contribution is 6.19. The number of nitrogens with zero attached hydrogens (tertiary/aromatic N) is 6. The van der Waals surface area contributed by atoms with Gasteiger partial charge in [0.25, 0.3) is 17.7 Å². The van der Waals surface area contributed by atoms with Crippen molar-refractivity contribution in [1.82, 2.24) is 24.8 Å². The summed E-state index contributed by atoms with van der Waals surface area (Å²) in [6, 6.07) is 12.9. The van der Waals surface area contributed by atoms with E-state index in [9.17, 15) is 14.4 Å². The molecule has 3 aliphatic rings. The molecule has 9 heteroatoms. The summed E-state index contributed by atoms with van der Waals surface area (Å²) in [7, 11) is 0. The van der Waals surface area contributed by atoms with E-state index in [-0.39, 0.29) is 30.3 Å². The standard InChI is InChI=1S/C28H26N6O3/c1-18-14-30-23(16-29-18)19-9-12-24(31-15-19)33(20-6-3-2-4-7-20)25(35)17-32-13-5-8-22-26(32)28(37)34(27(22)36)21-10-11-21/h2-4,6-7,9,12,14-16,21H,5,8,10-11,13,17H2,1H3. The van der Waals surface area contributed by atoms with Crippen LogP contribution in [0.1, 0.15) is 31.4 Å². The van der Waals surface area contributed by atoms with Crippen molar-refractivity contribution in [1.29, 1.82) is 0 Å². The number of amides is 3. The molecule has 0 N–H and O–H groups in total. The van der Waals surface area contributed by atoms with Gasteiger partial charge in [-0.05, 0) is 56.9 Å². The number of pyridine rings is 1. The number of aryl methyl sites for hydroxylation is 1. The highest BCUT2D eigenvalue weighted by atomic mass is 16.2. The Kier molecular flexibility index (Phi) is 5.75. The molecule has 37 heavy (non-hydrogen) atoms. The Balaban J connectivity index is 1.29. The number of para-hydroxylation sites is 1. The summed E-state index contributed by atoms with van der Waals surface area (Å²) in [5.74, 6) is -0.223. The van der Waals surface area contributed by atoms with Gasteiger partial charge in [0, 0.05) is 36.1 Å². The minimum atomic E-state index is -0.261. The van der Waals surface area contributed by atoms with Gasteiger partial charge in [-0.3, -0.25) is 34.2 Å². The fourth-order valence-electron chi connectivity index (χ4n) is 4.94. The first-order valence-electron chi connectivity index (χ1n) is 12.5. The molecular formula is C28H26N6O3. The number of hydrogen-bond donors (Lipinski definition) is 0. The van der Waals surface area contributed by atoms with Gasteiger partial charge in [0.1, 0.15) is 11.5 Å². The quantitative estimate of drug-likeness (QED) is 0.484. The first-order valence-corrected chi connectivity index (χ1v) is 12.5. The molecule has 0 unspecified atom stereocenters. The second-order valence-corrected chi connectivity index (χ2v) is 9.58. The average molecular weight is 495 g/mol. The lowest BCUT2D eigenvalue weighted by Gasteiger charge is -2.31. The summed E-state index contributed by atoms with van der Waals surface area (Å²) in [6.07, 6.45) is 8.07. The van der Waals surface area contributed by atoms with Crippen molar-refractivity contribution >= 4 is 29.2 Å². The van der Waals surface area contributed by atoms with Crippen LogP contribution in [-0.4, -0.2) is 61.6 Å². The largest absolute Gasteiger partial charge is 0.357 e. The number of carbonyl (C=O) groups excluding carboxylic acids is 3. The van der Waals surface area contributed by atoms with Crippen LogP contribution in [-0.2, 0) is 14.4 Å². The lowest BCUT2D eigenvalue weighted by Crippen LogP contribution is -2.42. The van der Waals surface area contributed by atoms with E-state index in [1.54, 1.807) is 34.5 Å². The molecule has 3 amide bonds. The first-order chi connectivity index (χ1) is 18.0. The van der Waals surface area contributed by atoms with Crippen molar-refractivity contribution in [3.8, 4) is 11.3 Å². The predicted molar refractivity (Wildman–Crippen MR) is 136 cm³/mol. The number of aromatic nitrogens is 3. The molecule has 0 radical (unpaired) electrons. The SMILES string of the molecule is Cc1cnc(-c2ccc(N(C(=O)CN3CCCC4=C3C(=O)N(C3CC3)C4=O)c3ccccc3)nc2)cn1. The van der Waals surface area contributed by atoms with Gasteiger partial charge < -0.3 is 4.90 Å². The van der Waals surface area contributed by atoms with E-state index in [4.69, 9.17) is 0 Å². The van der Waals surface area contributed by atoms with E-state index in [1.165, 1.54) is 4.90 Å². The van der Waals surface area contributed by atoms with Gasteiger partial charge in [-0.1, -0.05) is 18.2 Å². The second kappa shape index (κ2) is 9.24. The predicted octanol–water partition coefficient (Wildman–Crippen LogP) is 3.39. The van der Waals surface area contributed by atoms with Crippen molar-refractivity contribution in [3.63, 3.8) is 0 Å². The Bertz CT molecular complexity index is 1400.